The van der Waals surface area contributed by atoms with Crippen molar-refractivity contribution in [1.29, 1.82) is 0 Å². The minimum Gasteiger partial charge on any atom is -0.465 e. The van der Waals surface area contributed by atoms with Gasteiger partial charge in [0, 0.05) is 25.6 Å². The van der Waals surface area contributed by atoms with Crippen LogP contribution < -0.4 is 0 Å². The number of nitrogens with zero attached hydrogens (tertiary/aromatic N) is 6. The van der Waals surface area contributed by atoms with E-state index in [0.29, 0.717) is 46.0 Å². The first-order chi connectivity index (χ1) is 29.1. The number of rotatable bonds is 11. The average Bonchev–Trinajstić information content (AvgIpc) is 4.12. The van der Waals surface area contributed by atoms with E-state index in [9.17, 15) is 29.4 Å². The van der Waals surface area contributed by atoms with E-state index < -0.39 is 24.3 Å². The summed E-state index contributed by atoms with van der Waals surface area (Å²) in [6.45, 7) is 0. The summed E-state index contributed by atoms with van der Waals surface area (Å²) in [5.74, 6) is 2.80. The number of nitrogens with one attached hydrogen (secondary N) is 2. The van der Waals surface area contributed by atoms with E-state index in [2.05, 4.69) is 19.9 Å². The highest BCUT2D eigenvalue weighted by Gasteiger charge is 2.41. The molecular formula is C44H42N8O6S2. The molecule has 2 aliphatic rings. The third kappa shape index (κ3) is 8.07. The molecular weight excluding hydrogens is 801 g/mol. The van der Waals surface area contributed by atoms with Crippen LogP contribution in [0, 0.1) is 0 Å². The smallest absolute Gasteiger partial charge is 0.407 e. The molecule has 2 saturated heterocycles. The zero-order valence-corrected chi connectivity index (χ0v) is 34.3. The van der Waals surface area contributed by atoms with Gasteiger partial charge in [0.05, 0.1) is 47.6 Å². The second kappa shape index (κ2) is 17.4. The van der Waals surface area contributed by atoms with Gasteiger partial charge < -0.3 is 30.0 Å². The summed E-state index contributed by atoms with van der Waals surface area (Å²) >= 11 is 3.20. The van der Waals surface area contributed by atoms with Crippen molar-refractivity contribution in [3.63, 3.8) is 0 Å². The van der Waals surface area contributed by atoms with Crippen LogP contribution in [0.25, 0.3) is 33.6 Å². The van der Waals surface area contributed by atoms with Crippen LogP contribution in [0.2, 0.25) is 0 Å². The van der Waals surface area contributed by atoms with Gasteiger partial charge in [-0.15, -0.1) is 23.5 Å². The standard InChI is InChI=1S/C44H42N8O6S2/c1-49(43(55)56)37(31-9-5-3-6-10-31)41(53)51-25-59-23-35(51)39-45-21-33(47-39)29-17-13-27(14-18-29)28-15-19-30(20-16-28)34-22-46-40(48-34)36-24-60-26-52(36)42(54)38(50(2)44(57)58)32-11-7-4-8-12-32/h3-22,35-38H,23-26H2,1-2H3,(H,45,47)(H,46,48)(H,55,56)(H,57,58)/t35-,36-,37+,38+/m0/s1. The molecule has 16 heteroatoms. The van der Waals surface area contributed by atoms with Gasteiger partial charge in [-0.1, -0.05) is 109 Å². The molecule has 4 atom stereocenters. The van der Waals surface area contributed by atoms with E-state index in [4.69, 9.17) is 0 Å². The summed E-state index contributed by atoms with van der Waals surface area (Å²) in [4.78, 5) is 73.5. The third-order valence-corrected chi connectivity index (χ3v) is 13.0. The van der Waals surface area contributed by atoms with Crippen LogP contribution >= 0.6 is 23.5 Å². The van der Waals surface area contributed by atoms with Gasteiger partial charge in [0.1, 0.15) is 23.7 Å². The van der Waals surface area contributed by atoms with Crippen molar-refractivity contribution in [3.05, 3.63) is 144 Å². The lowest BCUT2D eigenvalue weighted by atomic mass is 10.0. The number of imidazole rings is 2. The van der Waals surface area contributed by atoms with Crippen molar-refractivity contribution >= 4 is 47.5 Å². The predicted octanol–water partition coefficient (Wildman–Crippen LogP) is 7.98. The third-order valence-electron chi connectivity index (χ3n) is 11.0. The molecule has 4 amide bonds. The van der Waals surface area contributed by atoms with Gasteiger partial charge in [-0.2, -0.15) is 0 Å². The first-order valence-electron chi connectivity index (χ1n) is 19.2. The molecule has 6 aromatic rings. The number of carbonyl (C=O) groups is 4. The normalized spacial score (nSPS) is 17.3. The molecule has 0 spiro atoms. The fourth-order valence-corrected chi connectivity index (χ4v) is 9.97. The molecule has 2 fully saturated rings. The summed E-state index contributed by atoms with van der Waals surface area (Å²) in [5.41, 5.74) is 6.72. The lowest BCUT2D eigenvalue weighted by molar-refractivity contribution is -0.137. The van der Waals surface area contributed by atoms with Gasteiger partial charge in [-0.25, -0.2) is 19.6 Å². The average molecular weight is 843 g/mol. The molecule has 0 aliphatic carbocycles. The lowest BCUT2D eigenvalue weighted by Crippen LogP contribution is -2.43. The maximum absolute atomic E-state index is 13.9. The van der Waals surface area contributed by atoms with Gasteiger partial charge in [-0.05, 0) is 33.4 Å². The number of hydrogen-bond acceptors (Lipinski definition) is 8. The molecule has 4 N–H and O–H groups in total. The summed E-state index contributed by atoms with van der Waals surface area (Å²) in [6, 6.07) is 31.5. The number of carbonyl (C=O) groups excluding carboxylic acids is 2. The largest absolute Gasteiger partial charge is 0.465 e. The fraction of sp³-hybridized carbons (Fsp3) is 0.227. The van der Waals surface area contributed by atoms with Crippen LogP contribution in [0.5, 0.6) is 0 Å². The number of H-pyrrole nitrogens is 2. The van der Waals surface area contributed by atoms with Crippen LogP contribution in [-0.4, -0.2) is 111 Å². The Morgan fingerprint density at radius 2 is 0.933 bits per heavy atom. The van der Waals surface area contributed by atoms with E-state index in [1.165, 1.54) is 14.1 Å². The molecule has 306 valence electrons. The molecule has 4 aromatic carbocycles. The molecule has 2 aromatic heterocycles. The van der Waals surface area contributed by atoms with Crippen molar-refractivity contribution in [3.8, 4) is 33.6 Å². The summed E-state index contributed by atoms with van der Waals surface area (Å²) in [7, 11) is 2.83. The number of hydrogen-bond donors (Lipinski definition) is 4. The SMILES string of the molecule is CN(C(=O)O)[C@@H](C(=O)N1CSC[C@H]1c1ncc(-c2ccc(-c3ccc(-c4cnc([C@@H]5CSCN5C(=O)[C@@H](c5ccccc5)N(C)C(=O)O)[nH]4)cc3)cc2)[nH]1)c1ccccc1. The second-order valence-electron chi connectivity index (χ2n) is 14.6. The Bertz CT molecular complexity index is 2310. The van der Waals surface area contributed by atoms with Crippen molar-refractivity contribution in [2.24, 2.45) is 0 Å². The van der Waals surface area contributed by atoms with Gasteiger partial charge in [0.2, 0.25) is 0 Å². The topological polar surface area (TPSA) is 179 Å². The van der Waals surface area contributed by atoms with E-state index in [1.807, 2.05) is 60.7 Å². The zero-order valence-electron chi connectivity index (χ0n) is 32.7. The highest BCUT2D eigenvalue weighted by Crippen LogP contribution is 2.38. The molecule has 8 rings (SSSR count). The predicted molar refractivity (Wildman–Crippen MR) is 231 cm³/mol. The molecule has 0 saturated carbocycles. The fourth-order valence-electron chi connectivity index (χ4n) is 7.63. The van der Waals surface area contributed by atoms with Crippen molar-refractivity contribution < 1.29 is 29.4 Å². The number of carboxylic acid groups (broad SMARTS) is 2. The van der Waals surface area contributed by atoms with E-state index >= 15 is 0 Å². The van der Waals surface area contributed by atoms with Gasteiger partial charge in [0.25, 0.3) is 11.8 Å². The van der Waals surface area contributed by atoms with E-state index in [-0.39, 0.29) is 23.9 Å². The van der Waals surface area contributed by atoms with Crippen molar-refractivity contribution in [2.75, 3.05) is 37.4 Å². The quantitative estimate of drug-likeness (QED) is 0.1000. The Morgan fingerprint density at radius 3 is 1.28 bits per heavy atom. The number of aromatic amines is 2. The first kappa shape index (κ1) is 40.3. The summed E-state index contributed by atoms with van der Waals surface area (Å²) in [5, 5.41) is 19.6. The molecule has 0 radical (unpaired) electrons. The summed E-state index contributed by atoms with van der Waals surface area (Å²) in [6.07, 6.45) is 1.16. The minimum absolute atomic E-state index is 0.297. The second-order valence-corrected chi connectivity index (χ2v) is 16.6. The van der Waals surface area contributed by atoms with Gasteiger partial charge in [-0.3, -0.25) is 19.4 Å². The molecule has 2 aliphatic heterocycles. The first-order valence-corrected chi connectivity index (χ1v) is 21.5. The van der Waals surface area contributed by atoms with E-state index in [1.54, 1.807) is 94.2 Å². The van der Waals surface area contributed by atoms with Crippen LogP contribution in [0.4, 0.5) is 9.59 Å². The monoisotopic (exact) mass is 842 g/mol. The highest BCUT2D eigenvalue weighted by atomic mass is 32.2. The van der Waals surface area contributed by atoms with Crippen molar-refractivity contribution in [2.45, 2.75) is 24.2 Å². The lowest BCUT2D eigenvalue weighted by Gasteiger charge is -2.31. The van der Waals surface area contributed by atoms with Crippen LogP contribution in [0.3, 0.4) is 0 Å². The Morgan fingerprint density at radius 1 is 0.583 bits per heavy atom. The number of likely N-dealkylation sites (N-methyl/N-ethyl adjacent to an activating group) is 2. The molecule has 60 heavy (non-hydrogen) atoms. The van der Waals surface area contributed by atoms with Crippen LogP contribution in [-0.2, 0) is 9.59 Å². The molecule has 4 heterocycles. The Kier molecular flexibility index (Phi) is 11.7. The Labute approximate surface area is 354 Å². The number of amides is 4. The molecule has 0 unspecified atom stereocenters. The Balaban J connectivity index is 0.938. The van der Waals surface area contributed by atoms with Gasteiger partial charge in [0.15, 0.2) is 0 Å². The maximum atomic E-state index is 13.9. The highest BCUT2D eigenvalue weighted by molar-refractivity contribution is 7.99. The van der Waals surface area contributed by atoms with Crippen LogP contribution in [0.15, 0.2) is 122 Å². The van der Waals surface area contributed by atoms with E-state index in [0.717, 1.165) is 43.4 Å². The minimum atomic E-state index is -1.18. The molecule has 0 bridgehead atoms. The number of thioether (sulfide) groups is 2. The van der Waals surface area contributed by atoms with Crippen molar-refractivity contribution in [1.82, 2.24) is 39.5 Å². The van der Waals surface area contributed by atoms with Gasteiger partial charge >= 0.3 is 12.2 Å². The number of benzene rings is 4. The maximum Gasteiger partial charge on any atom is 0.407 e. The number of aromatic nitrogens is 4. The Hall–Kier alpha value is -6.52. The molecule has 14 nitrogen and oxygen atoms in total. The zero-order chi connectivity index (χ0) is 41.9. The summed E-state index contributed by atoms with van der Waals surface area (Å²) < 4.78 is 0. The van der Waals surface area contributed by atoms with Crippen LogP contribution in [0.1, 0.15) is 46.9 Å².